The van der Waals surface area contributed by atoms with E-state index in [-0.39, 0.29) is 5.56 Å². The van der Waals surface area contributed by atoms with Crippen LogP contribution < -0.4 is 5.56 Å². The molecule has 0 saturated carbocycles. The van der Waals surface area contributed by atoms with Crippen molar-refractivity contribution >= 4 is 33.3 Å². The Morgan fingerprint density at radius 3 is 2.53 bits per heavy atom. The zero-order chi connectivity index (χ0) is 23.7. The van der Waals surface area contributed by atoms with E-state index in [0.29, 0.717) is 29.2 Å². The van der Waals surface area contributed by atoms with Gasteiger partial charge in [-0.1, -0.05) is 66.7 Å². The van der Waals surface area contributed by atoms with Crippen molar-refractivity contribution in [2.45, 2.75) is 44.6 Å². The van der Waals surface area contributed by atoms with Crippen molar-refractivity contribution in [1.29, 1.82) is 0 Å². The molecule has 0 aliphatic heterocycles. The number of nitrogens with zero attached hydrogens (tertiary/aromatic N) is 4. The number of rotatable bonds is 7. The molecule has 8 heteroatoms. The van der Waals surface area contributed by atoms with E-state index in [0.717, 1.165) is 33.3 Å². The van der Waals surface area contributed by atoms with Gasteiger partial charge in [0.1, 0.15) is 4.83 Å². The summed E-state index contributed by atoms with van der Waals surface area (Å²) in [4.78, 5) is 20.5. The number of hydrogen-bond acceptors (Lipinski definition) is 7. The van der Waals surface area contributed by atoms with Gasteiger partial charge in [-0.05, 0) is 43.5 Å². The number of thioether (sulfide) groups is 1. The first-order valence-corrected chi connectivity index (χ1v) is 12.9. The van der Waals surface area contributed by atoms with Crippen molar-refractivity contribution in [2.75, 3.05) is 0 Å². The summed E-state index contributed by atoms with van der Waals surface area (Å²) >= 11 is 3.05. The van der Waals surface area contributed by atoms with Gasteiger partial charge in [-0.15, -0.1) is 21.5 Å². The molecule has 172 valence electrons. The molecule has 34 heavy (non-hydrogen) atoms. The Labute approximate surface area is 205 Å². The van der Waals surface area contributed by atoms with Crippen LogP contribution in [0.25, 0.3) is 21.7 Å². The highest BCUT2D eigenvalue weighted by Gasteiger charge is 2.19. The summed E-state index contributed by atoms with van der Waals surface area (Å²) in [6, 6.07) is 17.9. The van der Waals surface area contributed by atoms with Crippen LogP contribution >= 0.6 is 23.1 Å². The van der Waals surface area contributed by atoms with E-state index in [9.17, 15) is 4.79 Å². The summed E-state index contributed by atoms with van der Waals surface area (Å²) in [5.74, 6) is 1.41. The van der Waals surface area contributed by atoms with Gasteiger partial charge in [0.2, 0.25) is 11.8 Å². The van der Waals surface area contributed by atoms with Crippen molar-refractivity contribution in [3.8, 4) is 11.5 Å². The van der Waals surface area contributed by atoms with Crippen molar-refractivity contribution in [2.24, 2.45) is 0 Å². The number of thiophene rings is 1. The van der Waals surface area contributed by atoms with Gasteiger partial charge in [-0.3, -0.25) is 9.36 Å². The van der Waals surface area contributed by atoms with E-state index in [1.807, 2.05) is 37.3 Å². The van der Waals surface area contributed by atoms with Crippen LogP contribution in [0, 0.1) is 13.8 Å². The Morgan fingerprint density at radius 2 is 1.79 bits per heavy atom. The molecule has 6 nitrogen and oxygen atoms in total. The van der Waals surface area contributed by atoms with Crippen LogP contribution in [0.4, 0.5) is 0 Å². The Balaban J connectivity index is 1.50. The van der Waals surface area contributed by atoms with Crippen molar-refractivity contribution < 1.29 is 4.42 Å². The predicted molar refractivity (Wildman–Crippen MR) is 138 cm³/mol. The summed E-state index contributed by atoms with van der Waals surface area (Å²) in [6.07, 6.45) is 0.886. The molecule has 5 rings (SSSR count). The van der Waals surface area contributed by atoms with Gasteiger partial charge in [0.15, 0.2) is 5.16 Å². The molecule has 0 fully saturated rings. The van der Waals surface area contributed by atoms with E-state index in [2.05, 4.69) is 48.3 Å². The van der Waals surface area contributed by atoms with Gasteiger partial charge in [0, 0.05) is 10.4 Å². The second kappa shape index (κ2) is 9.56. The first kappa shape index (κ1) is 22.6. The van der Waals surface area contributed by atoms with Gasteiger partial charge >= 0.3 is 0 Å². The monoisotopic (exact) mass is 488 g/mol. The first-order chi connectivity index (χ1) is 16.5. The fraction of sp³-hybridized carbons (Fsp3) is 0.231. The molecule has 0 atom stereocenters. The van der Waals surface area contributed by atoms with E-state index >= 15 is 0 Å². The molecule has 0 radical (unpaired) electrons. The first-order valence-electron chi connectivity index (χ1n) is 11.1. The van der Waals surface area contributed by atoms with Gasteiger partial charge in [-0.25, -0.2) is 4.98 Å². The fourth-order valence-corrected chi connectivity index (χ4v) is 5.84. The highest BCUT2D eigenvalue weighted by molar-refractivity contribution is 7.98. The normalized spacial score (nSPS) is 11.4. The van der Waals surface area contributed by atoms with Crippen LogP contribution in [0.2, 0.25) is 0 Å². The predicted octanol–water partition coefficient (Wildman–Crippen LogP) is 6.03. The van der Waals surface area contributed by atoms with Crippen LogP contribution in [0.15, 0.2) is 69.0 Å². The minimum absolute atomic E-state index is 0.00275. The third-order valence-electron chi connectivity index (χ3n) is 5.71. The van der Waals surface area contributed by atoms with Crippen LogP contribution in [0.1, 0.15) is 34.4 Å². The molecule has 5 aromatic rings. The number of hydrogen-bond donors (Lipinski definition) is 0. The van der Waals surface area contributed by atoms with Gasteiger partial charge < -0.3 is 4.42 Å². The zero-order valence-corrected chi connectivity index (χ0v) is 20.9. The summed E-state index contributed by atoms with van der Waals surface area (Å²) in [6.45, 7) is 6.64. The molecule has 0 aliphatic carbocycles. The fourth-order valence-electron chi connectivity index (χ4n) is 3.84. The summed E-state index contributed by atoms with van der Waals surface area (Å²) < 4.78 is 7.63. The van der Waals surface area contributed by atoms with E-state index in [1.165, 1.54) is 22.2 Å². The molecule has 0 unspecified atom stereocenters. The highest BCUT2D eigenvalue weighted by atomic mass is 32.2. The minimum atomic E-state index is -0.00275. The molecule has 0 saturated heterocycles. The third kappa shape index (κ3) is 4.43. The maximum atomic E-state index is 13.6. The van der Waals surface area contributed by atoms with Crippen LogP contribution in [-0.2, 0) is 18.7 Å². The topological polar surface area (TPSA) is 73.8 Å². The van der Waals surface area contributed by atoms with Crippen LogP contribution in [-0.4, -0.2) is 19.7 Å². The summed E-state index contributed by atoms with van der Waals surface area (Å²) in [5.41, 5.74) is 4.16. The van der Waals surface area contributed by atoms with Gasteiger partial charge in [0.05, 0.1) is 17.7 Å². The Bertz CT molecular complexity index is 1500. The average molecular weight is 489 g/mol. The lowest BCUT2D eigenvalue weighted by molar-refractivity contribution is 0.528. The van der Waals surface area contributed by atoms with Crippen LogP contribution in [0.5, 0.6) is 0 Å². The molecule has 0 N–H and O–H groups in total. The van der Waals surface area contributed by atoms with Gasteiger partial charge in [-0.2, -0.15) is 0 Å². The third-order valence-corrected chi connectivity index (χ3v) is 8.00. The van der Waals surface area contributed by atoms with Crippen molar-refractivity contribution in [3.63, 3.8) is 0 Å². The largest absolute Gasteiger partial charge is 0.420 e. The summed E-state index contributed by atoms with van der Waals surface area (Å²) in [7, 11) is 0. The SMILES string of the molecule is CCc1sc2nc(SCc3nnc(-c4ccccc4)o3)n(Cc3ccc(C)cc3)c(=O)c2c1C. The molecule has 0 spiro atoms. The Kier molecular flexibility index (Phi) is 6.34. The van der Waals surface area contributed by atoms with E-state index in [4.69, 9.17) is 9.40 Å². The second-order valence-electron chi connectivity index (χ2n) is 8.11. The molecule has 0 bridgehead atoms. The number of benzene rings is 2. The molecule has 0 amide bonds. The molecule has 3 aromatic heterocycles. The molecule has 0 aliphatic rings. The molecule has 2 aromatic carbocycles. The Morgan fingerprint density at radius 1 is 1.03 bits per heavy atom. The van der Waals surface area contributed by atoms with Crippen molar-refractivity contribution in [1.82, 2.24) is 19.7 Å². The maximum absolute atomic E-state index is 13.6. The lowest BCUT2D eigenvalue weighted by atomic mass is 10.1. The van der Waals surface area contributed by atoms with E-state index in [1.54, 1.807) is 15.9 Å². The standard InChI is InChI=1S/C26H24N4O2S2/c1-4-20-17(3)22-24(34-20)27-26(30(25(22)31)14-18-12-10-16(2)11-13-18)33-15-21-28-29-23(32-21)19-8-6-5-7-9-19/h5-13H,4,14-15H2,1-3H3. The minimum Gasteiger partial charge on any atom is -0.420 e. The number of aryl methyl sites for hydroxylation is 3. The zero-order valence-electron chi connectivity index (χ0n) is 19.2. The Hall–Kier alpha value is -3.23. The highest BCUT2D eigenvalue weighted by Crippen LogP contribution is 2.31. The smallest absolute Gasteiger partial charge is 0.263 e. The molecular formula is C26H24N4O2S2. The summed E-state index contributed by atoms with van der Waals surface area (Å²) in [5, 5.41) is 9.75. The number of fused-ring (bicyclic) bond motifs is 1. The van der Waals surface area contributed by atoms with Crippen molar-refractivity contribution in [3.05, 3.63) is 92.4 Å². The lowest BCUT2D eigenvalue weighted by Crippen LogP contribution is -2.24. The van der Waals surface area contributed by atoms with Crippen LogP contribution in [0.3, 0.4) is 0 Å². The average Bonchev–Trinajstić information content (AvgIpc) is 3.46. The second-order valence-corrected chi connectivity index (χ2v) is 10.1. The lowest BCUT2D eigenvalue weighted by Gasteiger charge is -2.12. The maximum Gasteiger partial charge on any atom is 0.263 e. The van der Waals surface area contributed by atoms with Gasteiger partial charge in [0.25, 0.3) is 5.56 Å². The molecule has 3 heterocycles. The number of aromatic nitrogens is 4. The molecular weight excluding hydrogens is 464 g/mol. The van der Waals surface area contributed by atoms with E-state index < -0.39 is 0 Å². The quantitative estimate of drug-likeness (QED) is 0.206.